The molecule has 3 N–H and O–H groups in total. The lowest BCUT2D eigenvalue weighted by atomic mass is 10.2. The van der Waals surface area contributed by atoms with Crippen LogP contribution in [0.5, 0.6) is 0 Å². The smallest absolute Gasteiger partial charge is 0.272 e. The van der Waals surface area contributed by atoms with Gasteiger partial charge < -0.3 is 16.0 Å². The largest absolute Gasteiger partial charge is 0.348 e. The van der Waals surface area contributed by atoms with E-state index >= 15 is 0 Å². The van der Waals surface area contributed by atoms with Crippen molar-refractivity contribution in [1.29, 1.82) is 0 Å². The van der Waals surface area contributed by atoms with Crippen LogP contribution >= 0.6 is 0 Å². The Bertz CT molecular complexity index is 737. The maximum atomic E-state index is 12.1. The summed E-state index contributed by atoms with van der Waals surface area (Å²) in [6.45, 7) is 1.46. The fraction of sp³-hybridized carbons (Fsp3) is 0.333. The number of nitrogens with one attached hydrogen (secondary N) is 3. The summed E-state index contributed by atoms with van der Waals surface area (Å²) in [5, 5.41) is 16.8. The Hall–Kier alpha value is -2.96. The number of aromatic nitrogens is 2. The molecule has 0 atom stereocenters. The van der Waals surface area contributed by atoms with Crippen LogP contribution in [-0.4, -0.2) is 28.1 Å². The van der Waals surface area contributed by atoms with Crippen LogP contribution in [-0.2, 0) is 4.79 Å². The second-order valence-electron chi connectivity index (χ2n) is 6.14. The van der Waals surface area contributed by atoms with Gasteiger partial charge in [-0.1, -0.05) is 12.8 Å². The van der Waals surface area contributed by atoms with Crippen LogP contribution in [0.4, 0.5) is 17.2 Å². The highest BCUT2D eigenvalue weighted by Gasteiger charge is 2.18. The summed E-state index contributed by atoms with van der Waals surface area (Å²) in [7, 11) is 0. The summed E-state index contributed by atoms with van der Waals surface area (Å²) in [5.74, 6) is 0.258. The summed E-state index contributed by atoms with van der Waals surface area (Å²) in [6.07, 6.45) is 4.40. The minimum Gasteiger partial charge on any atom is -0.348 e. The first kappa shape index (κ1) is 16.9. The molecule has 1 fully saturated rings. The molecule has 3 rings (SSSR count). The second kappa shape index (κ2) is 7.74. The third kappa shape index (κ3) is 4.76. The van der Waals surface area contributed by atoms with Crippen molar-refractivity contribution in [2.24, 2.45) is 0 Å². The number of nitrogens with zero attached hydrogens (tertiary/aromatic N) is 2. The van der Waals surface area contributed by atoms with E-state index in [1.165, 1.54) is 19.8 Å². The van der Waals surface area contributed by atoms with Gasteiger partial charge in [-0.3, -0.25) is 9.59 Å². The number of carbonyl (C=O) groups excluding carboxylic acids is 2. The van der Waals surface area contributed by atoms with Gasteiger partial charge in [-0.15, -0.1) is 10.2 Å². The van der Waals surface area contributed by atoms with E-state index in [0.29, 0.717) is 11.5 Å². The Morgan fingerprint density at radius 2 is 1.64 bits per heavy atom. The topological polar surface area (TPSA) is 96.0 Å². The van der Waals surface area contributed by atoms with Gasteiger partial charge >= 0.3 is 0 Å². The van der Waals surface area contributed by atoms with Crippen molar-refractivity contribution in [3.63, 3.8) is 0 Å². The molecule has 2 amide bonds. The van der Waals surface area contributed by atoms with E-state index in [1.54, 1.807) is 24.3 Å². The zero-order valence-corrected chi connectivity index (χ0v) is 14.1. The molecule has 0 radical (unpaired) electrons. The molecule has 1 aromatic carbocycles. The van der Waals surface area contributed by atoms with Crippen LogP contribution < -0.4 is 16.0 Å². The predicted octanol–water partition coefficient (Wildman–Crippen LogP) is 2.85. The molecule has 0 aliphatic heterocycles. The number of benzene rings is 1. The monoisotopic (exact) mass is 339 g/mol. The first-order valence-corrected chi connectivity index (χ1v) is 8.39. The molecule has 2 aromatic rings. The van der Waals surface area contributed by atoms with Gasteiger partial charge in [0.05, 0.1) is 0 Å². The van der Waals surface area contributed by atoms with E-state index < -0.39 is 0 Å². The molecule has 1 aromatic heterocycles. The Kier molecular flexibility index (Phi) is 5.23. The fourth-order valence-electron chi connectivity index (χ4n) is 2.84. The molecule has 1 aliphatic rings. The first-order chi connectivity index (χ1) is 12.1. The zero-order valence-electron chi connectivity index (χ0n) is 14.1. The number of anilines is 3. The maximum absolute atomic E-state index is 12.1. The lowest BCUT2D eigenvalue weighted by molar-refractivity contribution is -0.114. The maximum Gasteiger partial charge on any atom is 0.272 e. The Balaban J connectivity index is 1.58. The van der Waals surface area contributed by atoms with Crippen molar-refractivity contribution in [2.45, 2.75) is 38.6 Å². The van der Waals surface area contributed by atoms with Crippen LogP contribution in [0.2, 0.25) is 0 Å². The SMILES string of the molecule is CC(=O)Nc1ccc(Nc2ccc(C(=O)NC3CCCC3)nn2)cc1. The third-order valence-electron chi connectivity index (χ3n) is 4.07. The number of amides is 2. The summed E-state index contributed by atoms with van der Waals surface area (Å²) in [5.41, 5.74) is 1.85. The van der Waals surface area contributed by atoms with E-state index in [-0.39, 0.29) is 17.9 Å². The summed E-state index contributed by atoms with van der Waals surface area (Å²) in [6, 6.07) is 10.9. The molecule has 0 spiro atoms. The second-order valence-corrected chi connectivity index (χ2v) is 6.14. The van der Waals surface area contributed by atoms with Gasteiger partial charge in [0.15, 0.2) is 11.5 Å². The summed E-state index contributed by atoms with van der Waals surface area (Å²) in [4.78, 5) is 23.1. The minimum absolute atomic E-state index is 0.113. The molecule has 1 saturated carbocycles. The fourth-order valence-corrected chi connectivity index (χ4v) is 2.84. The average Bonchev–Trinajstić information content (AvgIpc) is 3.10. The van der Waals surface area contributed by atoms with Gasteiger partial charge in [0.2, 0.25) is 5.91 Å². The molecule has 0 unspecified atom stereocenters. The number of hydrogen-bond acceptors (Lipinski definition) is 5. The normalized spacial score (nSPS) is 14.1. The summed E-state index contributed by atoms with van der Waals surface area (Å²) >= 11 is 0. The van der Waals surface area contributed by atoms with Crippen LogP contribution in [0.3, 0.4) is 0 Å². The molecule has 0 bridgehead atoms. The van der Waals surface area contributed by atoms with Crippen molar-refractivity contribution < 1.29 is 9.59 Å². The number of carbonyl (C=O) groups is 2. The lowest BCUT2D eigenvalue weighted by Gasteiger charge is -2.11. The van der Waals surface area contributed by atoms with Gasteiger partial charge in [-0.2, -0.15) is 0 Å². The van der Waals surface area contributed by atoms with Gasteiger partial charge in [0.25, 0.3) is 5.91 Å². The molecule has 1 heterocycles. The van der Waals surface area contributed by atoms with Crippen LogP contribution in [0.25, 0.3) is 0 Å². The van der Waals surface area contributed by atoms with Crippen molar-refractivity contribution in [1.82, 2.24) is 15.5 Å². The summed E-state index contributed by atoms with van der Waals surface area (Å²) < 4.78 is 0. The van der Waals surface area contributed by atoms with Crippen LogP contribution in [0, 0.1) is 0 Å². The van der Waals surface area contributed by atoms with E-state index in [0.717, 1.165) is 24.2 Å². The van der Waals surface area contributed by atoms with Crippen molar-refractivity contribution in [2.75, 3.05) is 10.6 Å². The van der Waals surface area contributed by atoms with Gasteiger partial charge in [0.1, 0.15) is 0 Å². The molecular formula is C18H21N5O2. The molecular weight excluding hydrogens is 318 g/mol. The Morgan fingerprint density at radius 1 is 0.960 bits per heavy atom. The van der Waals surface area contributed by atoms with Crippen LogP contribution in [0.1, 0.15) is 43.1 Å². The molecule has 25 heavy (non-hydrogen) atoms. The molecule has 130 valence electrons. The van der Waals surface area contributed by atoms with Gasteiger partial charge in [-0.25, -0.2) is 0 Å². The average molecular weight is 339 g/mol. The molecule has 7 heteroatoms. The van der Waals surface area contributed by atoms with Gasteiger partial charge in [0, 0.05) is 24.3 Å². The molecule has 1 aliphatic carbocycles. The highest BCUT2D eigenvalue weighted by molar-refractivity contribution is 5.92. The number of hydrogen-bond donors (Lipinski definition) is 3. The van der Waals surface area contributed by atoms with Crippen molar-refractivity contribution >= 4 is 29.0 Å². The predicted molar refractivity (Wildman–Crippen MR) is 95.8 cm³/mol. The van der Waals surface area contributed by atoms with Crippen molar-refractivity contribution in [3.05, 3.63) is 42.1 Å². The number of rotatable bonds is 5. The third-order valence-corrected chi connectivity index (χ3v) is 4.07. The van der Waals surface area contributed by atoms with E-state index in [1.807, 2.05) is 12.1 Å². The molecule has 0 saturated heterocycles. The minimum atomic E-state index is -0.175. The van der Waals surface area contributed by atoms with E-state index in [2.05, 4.69) is 26.1 Å². The quantitative estimate of drug-likeness (QED) is 0.778. The highest BCUT2D eigenvalue weighted by atomic mass is 16.2. The van der Waals surface area contributed by atoms with E-state index in [4.69, 9.17) is 0 Å². The lowest BCUT2D eigenvalue weighted by Crippen LogP contribution is -2.33. The standard InChI is InChI=1S/C18H21N5O2/c1-12(24)19-14-6-8-15(9-7-14)20-17-11-10-16(22-23-17)18(25)21-13-4-2-3-5-13/h6-11,13H,2-5H2,1H3,(H,19,24)(H,20,23)(H,21,25). The Labute approximate surface area is 146 Å². The van der Waals surface area contributed by atoms with Crippen molar-refractivity contribution in [3.8, 4) is 0 Å². The first-order valence-electron chi connectivity index (χ1n) is 8.39. The van der Waals surface area contributed by atoms with Gasteiger partial charge in [-0.05, 0) is 49.2 Å². The van der Waals surface area contributed by atoms with E-state index in [9.17, 15) is 9.59 Å². The molecule has 7 nitrogen and oxygen atoms in total. The zero-order chi connectivity index (χ0) is 17.6. The highest BCUT2D eigenvalue weighted by Crippen LogP contribution is 2.19. The van der Waals surface area contributed by atoms with Crippen LogP contribution in [0.15, 0.2) is 36.4 Å². The Morgan fingerprint density at radius 3 is 2.24 bits per heavy atom.